The van der Waals surface area contributed by atoms with Crippen LogP contribution >= 0.6 is 12.0 Å². The van der Waals surface area contributed by atoms with E-state index in [-0.39, 0.29) is 5.56 Å². The van der Waals surface area contributed by atoms with Crippen molar-refractivity contribution in [3.63, 3.8) is 0 Å². The molecule has 4 nitrogen and oxygen atoms in total. The molecule has 0 saturated heterocycles. The molecule has 0 fully saturated rings. The summed E-state index contributed by atoms with van der Waals surface area (Å²) in [5.41, 5.74) is 0.886. The number of hydrogen-bond donors (Lipinski definition) is 2. The highest BCUT2D eigenvalue weighted by Crippen LogP contribution is 2.21. The molecule has 13 heavy (non-hydrogen) atoms. The van der Waals surface area contributed by atoms with E-state index in [2.05, 4.69) is 4.33 Å². The summed E-state index contributed by atoms with van der Waals surface area (Å²) < 4.78 is 3.85. The number of benzene rings is 1. The maximum atomic E-state index is 10.6. The van der Waals surface area contributed by atoms with Gasteiger partial charge in [-0.3, -0.25) is 0 Å². The molecule has 5 heteroatoms. The molecule has 1 aromatic carbocycles. The summed E-state index contributed by atoms with van der Waals surface area (Å²) in [6, 6.07) is 4.67. The van der Waals surface area contributed by atoms with Crippen LogP contribution in [-0.2, 0) is 4.33 Å². The van der Waals surface area contributed by atoms with Crippen molar-refractivity contribution in [1.82, 2.24) is 0 Å². The summed E-state index contributed by atoms with van der Waals surface area (Å²) in [5, 5.41) is 16.8. The number of hydrogen-bond acceptors (Lipinski definition) is 4. The van der Waals surface area contributed by atoms with Gasteiger partial charge in [-0.25, -0.2) is 10.1 Å². The van der Waals surface area contributed by atoms with E-state index < -0.39 is 5.97 Å². The smallest absolute Gasteiger partial charge is 0.335 e. The highest BCUT2D eigenvalue weighted by atomic mass is 32.2. The molecular weight excluding hydrogens is 192 g/mol. The first kappa shape index (κ1) is 10.0. The second kappa shape index (κ2) is 4.27. The number of rotatable bonds is 3. The van der Waals surface area contributed by atoms with Gasteiger partial charge < -0.3 is 5.11 Å². The third-order valence-electron chi connectivity index (χ3n) is 1.56. The maximum absolute atomic E-state index is 10.6. The number of aromatic carboxylic acids is 1. The van der Waals surface area contributed by atoms with Gasteiger partial charge in [0, 0.05) is 4.90 Å². The Morgan fingerprint density at radius 1 is 1.54 bits per heavy atom. The van der Waals surface area contributed by atoms with E-state index in [4.69, 9.17) is 10.4 Å². The van der Waals surface area contributed by atoms with Gasteiger partial charge in [0.2, 0.25) is 0 Å². The Bertz CT molecular complexity index is 324. The van der Waals surface area contributed by atoms with Gasteiger partial charge in [-0.15, -0.1) is 0 Å². The van der Waals surface area contributed by atoms with E-state index in [1.54, 1.807) is 19.1 Å². The lowest BCUT2D eigenvalue weighted by Gasteiger charge is -2.02. The summed E-state index contributed by atoms with van der Waals surface area (Å²) in [6.07, 6.45) is 0. The summed E-state index contributed by atoms with van der Waals surface area (Å²) in [5.74, 6) is -0.959. The van der Waals surface area contributed by atoms with Gasteiger partial charge in [-0.2, -0.15) is 4.33 Å². The van der Waals surface area contributed by atoms with Crippen LogP contribution in [0.2, 0.25) is 0 Å². The molecule has 0 spiro atoms. The lowest BCUT2D eigenvalue weighted by molar-refractivity contribution is -0.116. The molecule has 0 aliphatic carbocycles. The van der Waals surface area contributed by atoms with Crippen LogP contribution < -0.4 is 0 Å². The van der Waals surface area contributed by atoms with Crippen molar-refractivity contribution >= 4 is 18.0 Å². The molecule has 0 aromatic heterocycles. The fraction of sp³-hybridized carbons (Fsp3) is 0.125. The Labute approximate surface area is 79.3 Å². The van der Waals surface area contributed by atoms with Gasteiger partial charge in [-0.05, 0) is 30.7 Å². The van der Waals surface area contributed by atoms with Gasteiger partial charge in [0.05, 0.1) is 17.6 Å². The van der Waals surface area contributed by atoms with Crippen molar-refractivity contribution in [2.24, 2.45) is 0 Å². The molecule has 0 bridgehead atoms. The van der Waals surface area contributed by atoms with Crippen molar-refractivity contribution in [2.45, 2.75) is 11.8 Å². The molecule has 0 aliphatic rings. The minimum absolute atomic E-state index is 0.252. The third kappa shape index (κ3) is 2.45. The first-order chi connectivity index (χ1) is 6.15. The van der Waals surface area contributed by atoms with Crippen LogP contribution in [0, 0.1) is 6.92 Å². The van der Waals surface area contributed by atoms with Crippen LogP contribution in [0.4, 0.5) is 0 Å². The van der Waals surface area contributed by atoms with Crippen molar-refractivity contribution in [2.75, 3.05) is 0 Å². The molecule has 0 radical (unpaired) electrons. The average molecular weight is 200 g/mol. The lowest BCUT2D eigenvalue weighted by atomic mass is 10.1. The zero-order chi connectivity index (χ0) is 9.84. The molecule has 0 saturated carbocycles. The van der Waals surface area contributed by atoms with E-state index >= 15 is 0 Å². The largest absolute Gasteiger partial charge is 0.478 e. The van der Waals surface area contributed by atoms with Crippen LogP contribution in [0.1, 0.15) is 15.9 Å². The van der Waals surface area contributed by atoms with Crippen molar-refractivity contribution < 1.29 is 19.5 Å². The van der Waals surface area contributed by atoms with E-state index in [9.17, 15) is 4.79 Å². The predicted octanol–water partition coefficient (Wildman–Crippen LogP) is 2.19. The van der Waals surface area contributed by atoms with Gasteiger partial charge in [0.1, 0.15) is 0 Å². The number of carbonyl (C=O) groups is 1. The van der Waals surface area contributed by atoms with Crippen LogP contribution in [0.3, 0.4) is 0 Å². The fourth-order valence-electron chi connectivity index (χ4n) is 0.971. The molecular formula is C8H8O4S. The lowest BCUT2D eigenvalue weighted by Crippen LogP contribution is -1.99. The van der Waals surface area contributed by atoms with Crippen LogP contribution in [0.25, 0.3) is 0 Å². The molecule has 0 unspecified atom stereocenters. The minimum Gasteiger partial charge on any atom is -0.478 e. The third-order valence-corrected chi connectivity index (χ3v) is 2.08. The first-order valence-electron chi connectivity index (χ1n) is 3.47. The molecule has 0 aliphatic heterocycles. The second-order valence-electron chi connectivity index (χ2n) is 2.44. The van der Waals surface area contributed by atoms with Crippen molar-refractivity contribution in [3.8, 4) is 0 Å². The molecule has 2 N–H and O–H groups in total. The van der Waals surface area contributed by atoms with Gasteiger partial charge in [0.25, 0.3) is 0 Å². The quantitative estimate of drug-likeness (QED) is 0.444. The highest BCUT2D eigenvalue weighted by Gasteiger charge is 2.07. The predicted molar refractivity (Wildman–Crippen MR) is 47.7 cm³/mol. The van der Waals surface area contributed by atoms with E-state index in [1.807, 2.05) is 0 Å². The summed E-state index contributed by atoms with van der Waals surface area (Å²) >= 11 is 0.772. The first-order valence-corrected chi connectivity index (χ1v) is 4.21. The van der Waals surface area contributed by atoms with Gasteiger partial charge in [-0.1, -0.05) is 0 Å². The minimum atomic E-state index is -0.959. The summed E-state index contributed by atoms with van der Waals surface area (Å²) in [7, 11) is 0. The fourth-order valence-corrected chi connectivity index (χ4v) is 1.41. The number of carboxylic acids is 1. The Morgan fingerprint density at radius 3 is 2.69 bits per heavy atom. The average Bonchev–Trinajstić information content (AvgIpc) is 2.04. The normalized spacial score (nSPS) is 10.0. The topological polar surface area (TPSA) is 66.8 Å². The monoisotopic (exact) mass is 200 g/mol. The Morgan fingerprint density at radius 2 is 2.23 bits per heavy atom. The Balaban J connectivity index is 2.98. The van der Waals surface area contributed by atoms with Crippen LogP contribution in [0.15, 0.2) is 23.1 Å². The molecule has 0 amide bonds. The number of carboxylic acid groups (broad SMARTS) is 1. The van der Waals surface area contributed by atoms with Crippen LogP contribution in [-0.4, -0.2) is 16.3 Å². The van der Waals surface area contributed by atoms with Crippen molar-refractivity contribution in [1.29, 1.82) is 0 Å². The van der Waals surface area contributed by atoms with Gasteiger partial charge >= 0.3 is 5.97 Å². The summed E-state index contributed by atoms with van der Waals surface area (Å²) in [6.45, 7) is 1.69. The zero-order valence-electron chi connectivity index (χ0n) is 6.85. The number of aryl methyl sites for hydroxylation is 1. The zero-order valence-corrected chi connectivity index (χ0v) is 7.67. The van der Waals surface area contributed by atoms with Gasteiger partial charge in [0.15, 0.2) is 0 Å². The maximum Gasteiger partial charge on any atom is 0.335 e. The highest BCUT2D eigenvalue weighted by molar-refractivity contribution is 7.94. The SMILES string of the molecule is Cc1cc(SOO)ccc1C(=O)O. The standard InChI is InChI=1S/C8H8O4S/c1-5-4-6(13-12-11)2-3-7(5)8(9)10/h2-4,11H,1H3,(H,9,10). The molecule has 70 valence electrons. The van der Waals surface area contributed by atoms with E-state index in [0.717, 1.165) is 12.0 Å². The van der Waals surface area contributed by atoms with Crippen LogP contribution in [0.5, 0.6) is 0 Å². The van der Waals surface area contributed by atoms with E-state index in [1.165, 1.54) is 6.07 Å². The van der Waals surface area contributed by atoms with Crippen molar-refractivity contribution in [3.05, 3.63) is 29.3 Å². The molecule has 0 atom stereocenters. The molecule has 1 aromatic rings. The molecule has 1 rings (SSSR count). The van der Waals surface area contributed by atoms with E-state index in [0.29, 0.717) is 10.5 Å². The second-order valence-corrected chi connectivity index (χ2v) is 3.23. The summed E-state index contributed by atoms with van der Waals surface area (Å²) in [4.78, 5) is 11.3. The molecule has 0 heterocycles. The Kier molecular flexibility index (Phi) is 3.30. The Hall–Kier alpha value is -1.04.